The van der Waals surface area contributed by atoms with E-state index in [-0.39, 0.29) is 0 Å². The molecule has 0 saturated carbocycles. The van der Waals surface area contributed by atoms with Gasteiger partial charge in [-0.1, -0.05) is 0 Å². The second kappa shape index (κ2) is 5.20. The Morgan fingerprint density at radius 2 is 2.20 bits per heavy atom. The van der Waals surface area contributed by atoms with Crippen LogP contribution in [-0.4, -0.2) is 25.9 Å². The highest BCUT2D eigenvalue weighted by atomic mass is 16.4. The van der Waals surface area contributed by atoms with Gasteiger partial charge in [0, 0.05) is 18.9 Å². The van der Waals surface area contributed by atoms with Gasteiger partial charge in [-0.05, 0) is 13.8 Å². The standard InChI is InChI=1S/C13H16N6O/c1-3-14-10-8-19-5-4-15-13(19)12(18-10)17-7-11-16-6-9(2)20-11/h4-6,8,14H,3,7H2,1-2H3,(H,17,18). The first-order valence-electron chi connectivity index (χ1n) is 6.49. The lowest BCUT2D eigenvalue weighted by molar-refractivity contribution is 0.479. The van der Waals surface area contributed by atoms with Gasteiger partial charge in [-0.25, -0.2) is 15.0 Å². The Labute approximate surface area is 116 Å². The van der Waals surface area contributed by atoms with E-state index in [1.807, 2.05) is 30.6 Å². The minimum absolute atomic E-state index is 0.471. The van der Waals surface area contributed by atoms with Gasteiger partial charge in [-0.2, -0.15) is 0 Å². The first-order chi connectivity index (χ1) is 9.76. The number of aryl methyl sites for hydroxylation is 1. The highest BCUT2D eigenvalue weighted by molar-refractivity contribution is 5.65. The Kier molecular flexibility index (Phi) is 3.24. The number of anilines is 2. The minimum atomic E-state index is 0.471. The molecule has 0 aliphatic rings. The quantitative estimate of drug-likeness (QED) is 0.740. The van der Waals surface area contributed by atoms with E-state index in [4.69, 9.17) is 4.42 Å². The molecule has 0 aromatic carbocycles. The van der Waals surface area contributed by atoms with E-state index < -0.39 is 0 Å². The number of nitrogens with one attached hydrogen (secondary N) is 2. The second-order valence-electron chi connectivity index (χ2n) is 4.38. The van der Waals surface area contributed by atoms with Crippen molar-refractivity contribution in [2.75, 3.05) is 17.2 Å². The molecule has 0 aliphatic heterocycles. The third kappa shape index (κ3) is 2.42. The molecule has 3 heterocycles. The number of rotatable bonds is 5. The van der Waals surface area contributed by atoms with Crippen LogP contribution in [0, 0.1) is 6.92 Å². The number of hydrogen-bond acceptors (Lipinski definition) is 6. The second-order valence-corrected chi connectivity index (χ2v) is 4.38. The molecule has 7 heteroatoms. The summed E-state index contributed by atoms with van der Waals surface area (Å²) < 4.78 is 7.36. The van der Waals surface area contributed by atoms with Crippen molar-refractivity contribution >= 4 is 17.3 Å². The molecule has 2 N–H and O–H groups in total. The van der Waals surface area contributed by atoms with Gasteiger partial charge in [0.1, 0.15) is 11.6 Å². The summed E-state index contributed by atoms with van der Waals surface area (Å²) in [5.74, 6) is 2.92. The Hall–Kier alpha value is -2.57. The number of fused-ring (bicyclic) bond motifs is 1. The predicted octanol–water partition coefficient (Wildman–Crippen LogP) is 2.07. The fourth-order valence-electron chi connectivity index (χ4n) is 1.96. The zero-order valence-electron chi connectivity index (χ0n) is 11.4. The molecular formula is C13H16N6O. The number of aromatic nitrogens is 4. The van der Waals surface area contributed by atoms with Crippen LogP contribution in [0.15, 0.2) is 29.2 Å². The zero-order valence-corrected chi connectivity index (χ0v) is 11.4. The summed E-state index contributed by atoms with van der Waals surface area (Å²) in [6, 6.07) is 0. The Bertz CT molecular complexity index is 717. The van der Waals surface area contributed by atoms with E-state index in [2.05, 4.69) is 25.6 Å². The van der Waals surface area contributed by atoms with Crippen LogP contribution in [0.2, 0.25) is 0 Å². The third-order valence-corrected chi connectivity index (χ3v) is 2.81. The number of imidazole rings is 1. The lowest BCUT2D eigenvalue weighted by Gasteiger charge is -2.09. The van der Waals surface area contributed by atoms with E-state index in [1.165, 1.54) is 0 Å². The van der Waals surface area contributed by atoms with E-state index in [1.54, 1.807) is 12.4 Å². The van der Waals surface area contributed by atoms with Crippen molar-refractivity contribution in [1.29, 1.82) is 0 Å². The van der Waals surface area contributed by atoms with Gasteiger partial charge in [-0.3, -0.25) is 0 Å². The van der Waals surface area contributed by atoms with Crippen molar-refractivity contribution in [2.45, 2.75) is 20.4 Å². The average molecular weight is 272 g/mol. The maximum absolute atomic E-state index is 5.43. The summed E-state index contributed by atoms with van der Waals surface area (Å²) in [5.41, 5.74) is 0.773. The Morgan fingerprint density at radius 3 is 2.95 bits per heavy atom. The molecule has 20 heavy (non-hydrogen) atoms. The van der Waals surface area contributed by atoms with Crippen molar-refractivity contribution in [1.82, 2.24) is 19.4 Å². The highest BCUT2D eigenvalue weighted by Gasteiger charge is 2.08. The van der Waals surface area contributed by atoms with Crippen molar-refractivity contribution in [3.8, 4) is 0 Å². The molecule has 0 amide bonds. The van der Waals surface area contributed by atoms with Gasteiger partial charge in [0.05, 0.1) is 18.9 Å². The fourth-order valence-corrected chi connectivity index (χ4v) is 1.96. The van der Waals surface area contributed by atoms with E-state index in [0.29, 0.717) is 18.3 Å². The zero-order chi connectivity index (χ0) is 13.9. The molecule has 0 radical (unpaired) electrons. The van der Waals surface area contributed by atoms with Crippen molar-refractivity contribution in [3.63, 3.8) is 0 Å². The number of oxazole rings is 1. The van der Waals surface area contributed by atoms with Crippen LogP contribution in [0.25, 0.3) is 5.65 Å². The van der Waals surface area contributed by atoms with Gasteiger partial charge in [0.25, 0.3) is 0 Å². The summed E-state index contributed by atoms with van der Waals surface area (Å²) in [6.45, 7) is 5.18. The maximum atomic E-state index is 5.43. The average Bonchev–Trinajstić information content (AvgIpc) is 3.05. The van der Waals surface area contributed by atoms with Crippen LogP contribution in [0.5, 0.6) is 0 Å². The molecule has 0 spiro atoms. The minimum Gasteiger partial charge on any atom is -0.444 e. The van der Waals surface area contributed by atoms with Gasteiger partial charge in [0.15, 0.2) is 11.5 Å². The first kappa shape index (κ1) is 12.5. The molecule has 0 unspecified atom stereocenters. The van der Waals surface area contributed by atoms with E-state index in [0.717, 1.165) is 23.8 Å². The molecule has 7 nitrogen and oxygen atoms in total. The number of nitrogens with zero attached hydrogens (tertiary/aromatic N) is 4. The van der Waals surface area contributed by atoms with Crippen LogP contribution in [-0.2, 0) is 6.54 Å². The van der Waals surface area contributed by atoms with Crippen LogP contribution < -0.4 is 10.6 Å². The summed E-state index contributed by atoms with van der Waals surface area (Å²) in [5, 5.41) is 6.40. The van der Waals surface area contributed by atoms with Crippen LogP contribution >= 0.6 is 0 Å². The first-order valence-corrected chi connectivity index (χ1v) is 6.49. The lowest BCUT2D eigenvalue weighted by atomic mass is 10.5. The van der Waals surface area contributed by atoms with E-state index in [9.17, 15) is 0 Å². The van der Waals surface area contributed by atoms with Crippen LogP contribution in [0.4, 0.5) is 11.6 Å². The third-order valence-electron chi connectivity index (χ3n) is 2.81. The SMILES string of the molecule is CCNc1cn2ccnc2c(NCc2ncc(C)o2)n1. The summed E-state index contributed by atoms with van der Waals surface area (Å²) >= 11 is 0. The van der Waals surface area contributed by atoms with Crippen molar-refractivity contribution < 1.29 is 4.42 Å². The monoisotopic (exact) mass is 272 g/mol. The van der Waals surface area contributed by atoms with Crippen molar-refractivity contribution in [2.24, 2.45) is 0 Å². The maximum Gasteiger partial charge on any atom is 0.213 e. The largest absolute Gasteiger partial charge is 0.444 e. The lowest BCUT2D eigenvalue weighted by Crippen LogP contribution is -2.07. The normalized spacial score (nSPS) is 10.9. The molecule has 0 aliphatic carbocycles. The Balaban J connectivity index is 1.87. The summed E-state index contributed by atoms with van der Waals surface area (Å²) in [4.78, 5) is 13.0. The van der Waals surface area contributed by atoms with Crippen molar-refractivity contribution in [3.05, 3.63) is 36.4 Å². The fraction of sp³-hybridized carbons (Fsp3) is 0.308. The molecule has 0 saturated heterocycles. The van der Waals surface area contributed by atoms with Gasteiger partial charge in [0.2, 0.25) is 5.89 Å². The van der Waals surface area contributed by atoms with E-state index >= 15 is 0 Å². The summed E-state index contributed by atoms with van der Waals surface area (Å²) in [6.07, 6.45) is 7.24. The molecule has 0 fully saturated rings. The van der Waals surface area contributed by atoms with Gasteiger partial charge < -0.3 is 19.5 Å². The molecule has 0 bridgehead atoms. The highest BCUT2D eigenvalue weighted by Crippen LogP contribution is 2.17. The molecule has 104 valence electrons. The molecule has 3 aromatic heterocycles. The van der Waals surface area contributed by atoms with Crippen LogP contribution in [0.3, 0.4) is 0 Å². The van der Waals surface area contributed by atoms with Gasteiger partial charge >= 0.3 is 0 Å². The molecule has 3 rings (SSSR count). The predicted molar refractivity (Wildman–Crippen MR) is 75.7 cm³/mol. The van der Waals surface area contributed by atoms with Gasteiger partial charge in [-0.15, -0.1) is 0 Å². The topological polar surface area (TPSA) is 80.3 Å². The number of hydrogen-bond donors (Lipinski definition) is 2. The Morgan fingerprint density at radius 1 is 1.30 bits per heavy atom. The molecular weight excluding hydrogens is 256 g/mol. The summed E-state index contributed by atoms with van der Waals surface area (Å²) in [7, 11) is 0. The molecule has 3 aromatic rings. The molecule has 0 atom stereocenters. The smallest absolute Gasteiger partial charge is 0.213 e. The van der Waals surface area contributed by atoms with Crippen LogP contribution in [0.1, 0.15) is 18.6 Å².